The summed E-state index contributed by atoms with van der Waals surface area (Å²) in [5, 5.41) is 1.77. The number of thioether (sulfide) groups is 1. The van der Waals surface area contributed by atoms with E-state index in [1.54, 1.807) is 0 Å². The molecule has 0 saturated carbocycles. The predicted molar refractivity (Wildman–Crippen MR) is 71.2 cm³/mol. The maximum atomic E-state index is 5.60. The van der Waals surface area contributed by atoms with Crippen LogP contribution in [-0.2, 0) is 6.42 Å². The van der Waals surface area contributed by atoms with Crippen molar-refractivity contribution in [3.05, 3.63) is 29.8 Å². The summed E-state index contributed by atoms with van der Waals surface area (Å²) in [6.45, 7) is 3.20. The van der Waals surface area contributed by atoms with Crippen LogP contribution in [0.1, 0.15) is 12.0 Å². The zero-order valence-corrected chi connectivity index (χ0v) is 10.2. The number of rotatable bonds is 3. The van der Waals surface area contributed by atoms with E-state index in [0.717, 1.165) is 23.5 Å². The first-order chi connectivity index (χ1) is 7.85. The molecule has 16 heavy (non-hydrogen) atoms. The Morgan fingerprint density at radius 2 is 2.06 bits per heavy atom. The molecular formula is C13H18N2S. The lowest BCUT2D eigenvalue weighted by Gasteiger charge is -2.47. The second kappa shape index (κ2) is 4.30. The van der Waals surface area contributed by atoms with Crippen LogP contribution in [0.25, 0.3) is 0 Å². The quantitative estimate of drug-likeness (QED) is 0.866. The van der Waals surface area contributed by atoms with Crippen LogP contribution in [0, 0.1) is 0 Å². The zero-order valence-electron chi connectivity index (χ0n) is 9.43. The molecular weight excluding hydrogens is 216 g/mol. The summed E-state index contributed by atoms with van der Waals surface area (Å²) in [7, 11) is 0. The summed E-state index contributed by atoms with van der Waals surface area (Å²) < 4.78 is 0. The van der Waals surface area contributed by atoms with Crippen LogP contribution < -0.4 is 10.6 Å². The Kier molecular flexibility index (Phi) is 2.82. The third-order valence-corrected chi connectivity index (χ3v) is 4.92. The van der Waals surface area contributed by atoms with Crippen molar-refractivity contribution in [2.45, 2.75) is 23.3 Å². The van der Waals surface area contributed by atoms with Gasteiger partial charge in [-0.15, -0.1) is 0 Å². The number of hydrogen-bond acceptors (Lipinski definition) is 3. The minimum atomic E-state index is 0.741. The van der Waals surface area contributed by atoms with E-state index in [4.69, 9.17) is 5.73 Å². The Morgan fingerprint density at radius 3 is 2.75 bits per heavy atom. The molecule has 1 aromatic rings. The average Bonchev–Trinajstić information content (AvgIpc) is 2.29. The summed E-state index contributed by atoms with van der Waals surface area (Å²) in [6, 6.07) is 8.88. The van der Waals surface area contributed by atoms with E-state index in [1.165, 1.54) is 30.8 Å². The number of anilines is 1. The lowest BCUT2D eigenvalue weighted by Crippen LogP contribution is -2.51. The van der Waals surface area contributed by atoms with Crippen molar-refractivity contribution in [2.24, 2.45) is 5.73 Å². The van der Waals surface area contributed by atoms with Crippen molar-refractivity contribution in [1.29, 1.82) is 0 Å². The summed E-state index contributed by atoms with van der Waals surface area (Å²) in [5.41, 5.74) is 8.36. The van der Waals surface area contributed by atoms with Gasteiger partial charge in [0.1, 0.15) is 0 Å². The van der Waals surface area contributed by atoms with Gasteiger partial charge in [-0.1, -0.05) is 12.1 Å². The van der Waals surface area contributed by atoms with E-state index in [2.05, 4.69) is 40.9 Å². The summed E-state index contributed by atoms with van der Waals surface area (Å²) in [4.78, 5) is 2.54. The highest BCUT2D eigenvalue weighted by Crippen LogP contribution is 2.42. The third kappa shape index (κ3) is 1.94. The molecule has 2 atom stereocenters. The number of fused-ring (bicyclic) bond motifs is 2. The van der Waals surface area contributed by atoms with Gasteiger partial charge in [0.2, 0.25) is 0 Å². The van der Waals surface area contributed by atoms with Crippen molar-refractivity contribution in [1.82, 2.24) is 0 Å². The fraction of sp³-hybridized carbons (Fsp3) is 0.538. The summed E-state index contributed by atoms with van der Waals surface area (Å²) in [6.07, 6.45) is 2.42. The van der Waals surface area contributed by atoms with Crippen LogP contribution in [0.2, 0.25) is 0 Å². The monoisotopic (exact) mass is 234 g/mol. The molecule has 0 spiro atoms. The molecule has 1 aromatic carbocycles. The maximum Gasteiger partial charge on any atom is 0.0369 e. The Balaban J connectivity index is 1.75. The molecule has 0 amide bonds. The van der Waals surface area contributed by atoms with Crippen molar-refractivity contribution in [2.75, 3.05) is 24.5 Å². The van der Waals surface area contributed by atoms with Gasteiger partial charge in [-0.25, -0.2) is 0 Å². The predicted octanol–water partition coefficient (Wildman–Crippen LogP) is 1.88. The van der Waals surface area contributed by atoms with Crippen LogP contribution in [0.3, 0.4) is 0 Å². The molecule has 0 aliphatic carbocycles. The topological polar surface area (TPSA) is 29.3 Å². The van der Waals surface area contributed by atoms with E-state index >= 15 is 0 Å². The first-order valence-electron chi connectivity index (χ1n) is 6.04. The van der Waals surface area contributed by atoms with Crippen LogP contribution in [0.5, 0.6) is 0 Å². The fourth-order valence-corrected chi connectivity index (χ4v) is 4.05. The summed E-state index contributed by atoms with van der Waals surface area (Å²) in [5.74, 6) is 0. The van der Waals surface area contributed by atoms with Crippen LogP contribution in [0.15, 0.2) is 24.3 Å². The number of piperidine rings is 1. The van der Waals surface area contributed by atoms with Crippen LogP contribution in [-0.4, -0.2) is 30.1 Å². The van der Waals surface area contributed by atoms with Crippen molar-refractivity contribution >= 4 is 17.4 Å². The minimum absolute atomic E-state index is 0.741. The van der Waals surface area contributed by atoms with Gasteiger partial charge in [-0.05, 0) is 37.1 Å². The second-order valence-corrected chi connectivity index (χ2v) is 6.33. The van der Waals surface area contributed by atoms with Crippen molar-refractivity contribution in [3.8, 4) is 0 Å². The fourth-order valence-electron chi connectivity index (χ4n) is 2.64. The summed E-state index contributed by atoms with van der Waals surface area (Å²) >= 11 is 2.17. The van der Waals surface area contributed by atoms with Gasteiger partial charge in [-0.3, -0.25) is 0 Å². The molecule has 3 aliphatic heterocycles. The maximum absolute atomic E-state index is 5.60. The number of nitrogens with zero attached hydrogens (tertiary/aromatic N) is 1. The highest BCUT2D eigenvalue weighted by Gasteiger charge is 2.37. The van der Waals surface area contributed by atoms with E-state index in [0.29, 0.717) is 0 Å². The van der Waals surface area contributed by atoms with Crippen molar-refractivity contribution in [3.63, 3.8) is 0 Å². The number of nitrogens with two attached hydrogens (primary N) is 1. The molecule has 0 radical (unpaired) electrons. The van der Waals surface area contributed by atoms with E-state index in [9.17, 15) is 0 Å². The van der Waals surface area contributed by atoms with Gasteiger partial charge in [0.25, 0.3) is 0 Å². The normalized spacial score (nSPS) is 27.7. The Labute approximate surface area is 101 Å². The standard InChI is InChI=1S/C13H18N2S/c14-5-4-10-2-1-3-11(6-10)15-8-12-7-13(9-15)16-12/h1-3,6,12-13H,4-5,7-9,14H2. The van der Waals surface area contributed by atoms with Gasteiger partial charge >= 0.3 is 0 Å². The molecule has 3 aliphatic rings. The first-order valence-corrected chi connectivity index (χ1v) is 6.99. The minimum Gasteiger partial charge on any atom is -0.369 e. The first kappa shape index (κ1) is 10.5. The molecule has 2 N–H and O–H groups in total. The average molecular weight is 234 g/mol. The van der Waals surface area contributed by atoms with E-state index < -0.39 is 0 Å². The Bertz CT molecular complexity index is 364. The molecule has 86 valence electrons. The van der Waals surface area contributed by atoms with Gasteiger partial charge in [-0.2, -0.15) is 11.8 Å². The molecule has 3 heteroatoms. The van der Waals surface area contributed by atoms with Crippen molar-refractivity contribution < 1.29 is 0 Å². The highest BCUT2D eigenvalue weighted by atomic mass is 32.2. The zero-order chi connectivity index (χ0) is 11.0. The van der Waals surface area contributed by atoms with E-state index in [-0.39, 0.29) is 0 Å². The smallest absolute Gasteiger partial charge is 0.0369 e. The van der Waals surface area contributed by atoms with Gasteiger partial charge < -0.3 is 10.6 Å². The van der Waals surface area contributed by atoms with Gasteiger partial charge in [0.15, 0.2) is 0 Å². The Morgan fingerprint density at radius 1 is 1.31 bits per heavy atom. The molecule has 4 rings (SSSR count). The lowest BCUT2D eigenvalue weighted by atomic mass is 10.1. The molecule has 0 aromatic heterocycles. The number of benzene rings is 1. The Hall–Kier alpha value is -0.670. The molecule has 2 unspecified atom stereocenters. The molecule has 2 nitrogen and oxygen atoms in total. The highest BCUT2D eigenvalue weighted by molar-refractivity contribution is 8.02. The largest absolute Gasteiger partial charge is 0.369 e. The van der Waals surface area contributed by atoms with Gasteiger partial charge in [0.05, 0.1) is 0 Å². The van der Waals surface area contributed by atoms with Crippen LogP contribution in [0.4, 0.5) is 5.69 Å². The second-order valence-electron chi connectivity index (χ2n) is 4.73. The van der Waals surface area contributed by atoms with Gasteiger partial charge in [0, 0.05) is 29.3 Å². The molecule has 3 heterocycles. The lowest BCUT2D eigenvalue weighted by molar-refractivity contribution is 0.557. The van der Waals surface area contributed by atoms with E-state index in [1.807, 2.05) is 0 Å². The molecule has 2 bridgehead atoms. The molecule has 3 saturated heterocycles. The SMILES string of the molecule is NCCc1cccc(N2CC3CC(C2)S3)c1. The van der Waals surface area contributed by atoms with Crippen LogP contribution >= 0.6 is 11.8 Å². The number of hydrogen-bond donors (Lipinski definition) is 1. The molecule has 3 fully saturated rings. The third-order valence-electron chi connectivity index (χ3n) is 3.47.